The Morgan fingerprint density at radius 3 is 2.26 bits per heavy atom. The zero-order valence-corrected chi connectivity index (χ0v) is 12.4. The maximum absolute atomic E-state index is 5.83. The summed E-state index contributed by atoms with van der Waals surface area (Å²) < 4.78 is 5.47. The minimum absolute atomic E-state index is 0.150. The molecule has 0 saturated heterocycles. The molecule has 0 aliphatic carbocycles. The maximum Gasteiger partial charge on any atom is 0.193 e. The average Bonchev–Trinajstić information content (AvgIpc) is 2.83. The van der Waals surface area contributed by atoms with Crippen LogP contribution in [-0.4, -0.2) is 7.05 Å². The summed E-state index contributed by atoms with van der Waals surface area (Å²) in [5.74, 6) is 1.44. The van der Waals surface area contributed by atoms with Gasteiger partial charge in [0, 0.05) is 0 Å². The predicted molar refractivity (Wildman–Crippen MR) is 79.8 cm³/mol. The summed E-state index contributed by atoms with van der Waals surface area (Å²) >= 11 is 5.83. The van der Waals surface area contributed by atoms with Crippen LogP contribution in [0.25, 0.3) is 0 Å². The molecule has 2 rings (SSSR count). The fourth-order valence-corrected chi connectivity index (χ4v) is 2.29. The van der Waals surface area contributed by atoms with Crippen molar-refractivity contribution in [2.24, 2.45) is 0 Å². The molecular formula is C16H20ClNO. The molecule has 2 nitrogen and oxygen atoms in total. The van der Waals surface area contributed by atoms with Gasteiger partial charge in [-0.25, -0.2) is 0 Å². The molecule has 3 heteroatoms. The van der Waals surface area contributed by atoms with Crippen molar-refractivity contribution in [3.05, 3.63) is 58.5 Å². The number of hydrogen-bond acceptors (Lipinski definition) is 2. The van der Waals surface area contributed by atoms with E-state index in [-0.39, 0.29) is 6.04 Å². The van der Waals surface area contributed by atoms with E-state index >= 15 is 0 Å². The molecule has 102 valence electrons. The summed E-state index contributed by atoms with van der Waals surface area (Å²) in [7, 11) is 1.93. The van der Waals surface area contributed by atoms with Crippen molar-refractivity contribution in [2.45, 2.75) is 32.2 Å². The van der Waals surface area contributed by atoms with E-state index in [4.69, 9.17) is 16.0 Å². The zero-order valence-electron chi connectivity index (χ0n) is 11.6. The van der Waals surface area contributed by atoms with E-state index < -0.39 is 0 Å². The lowest BCUT2D eigenvalue weighted by atomic mass is 9.98. The first-order valence-corrected chi connectivity index (χ1v) is 6.99. The molecule has 0 radical (unpaired) electrons. The van der Waals surface area contributed by atoms with Crippen molar-refractivity contribution in [3.8, 4) is 0 Å². The first-order valence-electron chi connectivity index (χ1n) is 6.61. The number of halogens is 1. The van der Waals surface area contributed by atoms with Crippen LogP contribution in [0.5, 0.6) is 0 Å². The van der Waals surface area contributed by atoms with E-state index in [9.17, 15) is 0 Å². The summed E-state index contributed by atoms with van der Waals surface area (Å²) in [6.45, 7) is 4.41. The van der Waals surface area contributed by atoms with Crippen LogP contribution in [0.15, 0.2) is 40.8 Å². The Morgan fingerprint density at radius 1 is 1.11 bits per heavy atom. The fraction of sp³-hybridized carbons (Fsp3) is 0.375. The lowest BCUT2D eigenvalue weighted by Crippen LogP contribution is -2.18. The summed E-state index contributed by atoms with van der Waals surface area (Å²) in [4.78, 5) is 0. The van der Waals surface area contributed by atoms with Crippen LogP contribution in [0.4, 0.5) is 0 Å². The Bertz CT molecular complexity index is 516. The first kappa shape index (κ1) is 14.2. The Morgan fingerprint density at radius 2 is 1.79 bits per heavy atom. The molecular weight excluding hydrogens is 258 g/mol. The van der Waals surface area contributed by atoms with Gasteiger partial charge in [-0.3, -0.25) is 0 Å². The predicted octanol–water partition coefficient (Wildman–Crippen LogP) is 4.56. The number of likely N-dealkylation sites (N-methyl/N-ethyl adjacent to an activating group) is 1. The van der Waals surface area contributed by atoms with Gasteiger partial charge in [0.2, 0.25) is 0 Å². The van der Waals surface area contributed by atoms with E-state index in [1.54, 1.807) is 6.07 Å². The van der Waals surface area contributed by atoms with E-state index in [2.05, 4.69) is 43.4 Å². The van der Waals surface area contributed by atoms with Crippen molar-refractivity contribution in [2.75, 3.05) is 7.05 Å². The highest BCUT2D eigenvalue weighted by Gasteiger charge is 2.14. The monoisotopic (exact) mass is 277 g/mol. The molecule has 0 spiro atoms. The van der Waals surface area contributed by atoms with Crippen LogP contribution >= 0.6 is 11.6 Å². The molecule has 1 unspecified atom stereocenters. The third-order valence-corrected chi connectivity index (χ3v) is 3.58. The van der Waals surface area contributed by atoms with Gasteiger partial charge < -0.3 is 9.73 Å². The molecule has 0 aliphatic heterocycles. The Hall–Kier alpha value is -1.25. The van der Waals surface area contributed by atoms with E-state index in [0.717, 1.165) is 12.2 Å². The molecule has 19 heavy (non-hydrogen) atoms. The molecule has 0 fully saturated rings. The van der Waals surface area contributed by atoms with Gasteiger partial charge >= 0.3 is 0 Å². The third-order valence-electron chi connectivity index (χ3n) is 3.37. The van der Waals surface area contributed by atoms with Crippen LogP contribution in [0.1, 0.15) is 42.7 Å². The van der Waals surface area contributed by atoms with Gasteiger partial charge in [0.15, 0.2) is 5.22 Å². The number of benzene rings is 1. The van der Waals surface area contributed by atoms with Gasteiger partial charge in [-0.1, -0.05) is 38.1 Å². The smallest absolute Gasteiger partial charge is 0.193 e. The molecule has 1 atom stereocenters. The Balaban J connectivity index is 2.10. The first-order chi connectivity index (χ1) is 9.10. The molecule has 1 heterocycles. The Kier molecular flexibility index (Phi) is 4.67. The number of nitrogens with one attached hydrogen (secondary N) is 1. The van der Waals surface area contributed by atoms with Crippen molar-refractivity contribution in [1.82, 2.24) is 5.32 Å². The van der Waals surface area contributed by atoms with Gasteiger partial charge in [-0.2, -0.15) is 0 Å². The van der Waals surface area contributed by atoms with Crippen molar-refractivity contribution < 1.29 is 4.42 Å². The van der Waals surface area contributed by atoms with Gasteiger partial charge in [0.1, 0.15) is 5.76 Å². The van der Waals surface area contributed by atoms with Gasteiger partial charge in [0.25, 0.3) is 0 Å². The maximum atomic E-state index is 5.83. The van der Waals surface area contributed by atoms with E-state index in [0.29, 0.717) is 11.1 Å². The highest BCUT2D eigenvalue weighted by atomic mass is 35.5. The van der Waals surface area contributed by atoms with Crippen LogP contribution in [-0.2, 0) is 6.42 Å². The lowest BCUT2D eigenvalue weighted by Gasteiger charge is -2.14. The molecule has 0 bridgehead atoms. The third kappa shape index (κ3) is 3.62. The second kappa shape index (κ2) is 6.27. The molecule has 0 saturated carbocycles. The fourth-order valence-electron chi connectivity index (χ4n) is 2.13. The van der Waals surface area contributed by atoms with Crippen LogP contribution < -0.4 is 5.32 Å². The highest BCUT2D eigenvalue weighted by Crippen LogP contribution is 2.24. The van der Waals surface area contributed by atoms with Gasteiger partial charge in [-0.05, 0) is 54.2 Å². The molecule has 1 aromatic heterocycles. The molecule has 1 aromatic carbocycles. The minimum atomic E-state index is 0.150. The highest BCUT2D eigenvalue weighted by molar-refractivity contribution is 6.28. The van der Waals surface area contributed by atoms with Crippen LogP contribution in [0, 0.1) is 0 Å². The minimum Gasteiger partial charge on any atom is -0.448 e. The normalized spacial score (nSPS) is 12.9. The van der Waals surface area contributed by atoms with Crippen LogP contribution in [0.2, 0.25) is 5.22 Å². The molecule has 0 aliphatic rings. The lowest BCUT2D eigenvalue weighted by molar-refractivity contribution is 0.430. The standard InChI is InChI=1S/C16H20ClNO/c1-11(2)13-6-4-12(5-7-13)10-14(18-3)15-8-9-16(17)19-15/h4-9,11,14,18H,10H2,1-3H3. The van der Waals surface area contributed by atoms with Crippen molar-refractivity contribution in [3.63, 3.8) is 0 Å². The van der Waals surface area contributed by atoms with E-state index in [1.165, 1.54) is 11.1 Å². The summed E-state index contributed by atoms with van der Waals surface area (Å²) in [6.07, 6.45) is 0.888. The summed E-state index contributed by atoms with van der Waals surface area (Å²) in [6, 6.07) is 12.6. The van der Waals surface area contributed by atoms with Crippen molar-refractivity contribution in [1.29, 1.82) is 0 Å². The molecule has 1 N–H and O–H groups in total. The van der Waals surface area contributed by atoms with E-state index in [1.807, 2.05) is 13.1 Å². The quantitative estimate of drug-likeness (QED) is 0.867. The second-order valence-electron chi connectivity index (χ2n) is 5.08. The topological polar surface area (TPSA) is 25.2 Å². The van der Waals surface area contributed by atoms with Crippen molar-refractivity contribution >= 4 is 11.6 Å². The summed E-state index contributed by atoms with van der Waals surface area (Å²) in [5, 5.41) is 3.70. The SMILES string of the molecule is CNC(Cc1ccc(C(C)C)cc1)c1ccc(Cl)o1. The second-order valence-corrected chi connectivity index (χ2v) is 5.46. The Labute approximate surface area is 119 Å². The number of hydrogen-bond donors (Lipinski definition) is 1. The largest absolute Gasteiger partial charge is 0.448 e. The summed E-state index contributed by atoms with van der Waals surface area (Å²) in [5.41, 5.74) is 2.65. The zero-order chi connectivity index (χ0) is 13.8. The molecule has 2 aromatic rings. The number of furan rings is 1. The number of rotatable bonds is 5. The van der Waals surface area contributed by atoms with Gasteiger partial charge in [0.05, 0.1) is 6.04 Å². The van der Waals surface area contributed by atoms with Gasteiger partial charge in [-0.15, -0.1) is 0 Å². The van der Waals surface area contributed by atoms with Crippen LogP contribution in [0.3, 0.4) is 0 Å². The average molecular weight is 278 g/mol. The molecule has 0 amide bonds.